The Balaban J connectivity index is 1.85. The Kier molecular flexibility index (Phi) is 5.82. The lowest BCUT2D eigenvalue weighted by atomic mass is 10.0. The van der Waals surface area contributed by atoms with Crippen LogP contribution in [0.3, 0.4) is 0 Å². The quantitative estimate of drug-likeness (QED) is 0.755. The molecule has 0 saturated carbocycles. The first-order valence-corrected chi connectivity index (χ1v) is 9.49. The number of benzene rings is 2. The zero-order valence-electron chi connectivity index (χ0n) is 15.9. The predicted octanol–water partition coefficient (Wildman–Crippen LogP) is 5.09. The highest BCUT2D eigenvalue weighted by Crippen LogP contribution is 2.34. The summed E-state index contributed by atoms with van der Waals surface area (Å²) in [6.45, 7) is 7.90. The molecule has 1 amide bonds. The second-order valence-corrected chi connectivity index (χ2v) is 7.19. The Morgan fingerprint density at radius 1 is 1.15 bits per heavy atom. The van der Waals surface area contributed by atoms with Gasteiger partial charge in [0.25, 0.3) is 5.91 Å². The number of fused-ring (bicyclic) bond motifs is 1. The Hall–Kier alpha value is -2.49. The topological polar surface area (TPSA) is 41.6 Å². The van der Waals surface area contributed by atoms with Crippen molar-refractivity contribution < 1.29 is 9.53 Å². The van der Waals surface area contributed by atoms with Crippen LogP contribution >= 0.6 is 0 Å². The van der Waals surface area contributed by atoms with Crippen LogP contribution in [0.15, 0.2) is 48.5 Å². The van der Waals surface area contributed by atoms with E-state index in [4.69, 9.17) is 4.74 Å². The van der Waals surface area contributed by atoms with Gasteiger partial charge >= 0.3 is 0 Å². The molecule has 2 aromatic carbocycles. The molecule has 138 valence electrons. The van der Waals surface area contributed by atoms with E-state index < -0.39 is 0 Å². The summed E-state index contributed by atoms with van der Waals surface area (Å²) in [7, 11) is 0. The molecule has 3 rings (SSSR count). The molecule has 1 aliphatic rings. The largest absolute Gasteiger partial charge is 0.494 e. The van der Waals surface area contributed by atoms with Crippen molar-refractivity contribution in [2.45, 2.75) is 39.8 Å². The van der Waals surface area contributed by atoms with Crippen molar-refractivity contribution >= 4 is 11.6 Å². The molecule has 26 heavy (non-hydrogen) atoms. The van der Waals surface area contributed by atoms with E-state index in [9.17, 15) is 4.79 Å². The SMILES string of the molecule is CCCN1C(=O)c2ccccc2NC1c1cccc(OCCC(C)C)c1. The van der Waals surface area contributed by atoms with Crippen molar-refractivity contribution in [2.75, 3.05) is 18.5 Å². The lowest BCUT2D eigenvalue weighted by Gasteiger charge is -2.38. The molecule has 1 N–H and O–H groups in total. The maximum atomic E-state index is 13.0. The summed E-state index contributed by atoms with van der Waals surface area (Å²) in [5.74, 6) is 1.55. The standard InChI is InChI=1S/C22H28N2O2/c1-4-13-24-21(23-20-11-6-5-10-19(20)22(24)25)17-8-7-9-18(15-17)26-14-12-16(2)3/h5-11,15-16,21,23H,4,12-14H2,1-3H3. The highest BCUT2D eigenvalue weighted by atomic mass is 16.5. The van der Waals surface area contributed by atoms with Gasteiger partial charge in [-0.1, -0.05) is 45.0 Å². The maximum absolute atomic E-state index is 13.0. The number of rotatable bonds is 7. The number of carbonyl (C=O) groups excluding carboxylic acids is 1. The van der Waals surface area contributed by atoms with E-state index in [1.165, 1.54) is 0 Å². The first-order chi connectivity index (χ1) is 12.6. The normalized spacial score (nSPS) is 16.4. The van der Waals surface area contributed by atoms with Gasteiger partial charge in [-0.2, -0.15) is 0 Å². The Morgan fingerprint density at radius 2 is 1.96 bits per heavy atom. The summed E-state index contributed by atoms with van der Waals surface area (Å²) in [6.07, 6.45) is 1.77. The van der Waals surface area contributed by atoms with E-state index in [2.05, 4.69) is 32.2 Å². The fraction of sp³-hybridized carbons (Fsp3) is 0.409. The maximum Gasteiger partial charge on any atom is 0.257 e. The predicted molar refractivity (Wildman–Crippen MR) is 106 cm³/mol. The van der Waals surface area contributed by atoms with Crippen LogP contribution in [-0.4, -0.2) is 24.0 Å². The van der Waals surface area contributed by atoms with Crippen molar-refractivity contribution in [3.63, 3.8) is 0 Å². The van der Waals surface area contributed by atoms with Crippen molar-refractivity contribution in [3.05, 3.63) is 59.7 Å². The molecule has 4 heteroatoms. The Bertz CT molecular complexity index is 757. The van der Waals surface area contributed by atoms with Crippen molar-refractivity contribution in [1.29, 1.82) is 0 Å². The first kappa shape index (κ1) is 18.3. The fourth-order valence-corrected chi connectivity index (χ4v) is 3.21. The number of hydrogen-bond donors (Lipinski definition) is 1. The lowest BCUT2D eigenvalue weighted by Crippen LogP contribution is -2.43. The molecule has 0 aliphatic carbocycles. The van der Waals surface area contributed by atoms with Crippen molar-refractivity contribution in [2.24, 2.45) is 5.92 Å². The van der Waals surface area contributed by atoms with E-state index in [-0.39, 0.29) is 12.1 Å². The summed E-state index contributed by atoms with van der Waals surface area (Å²) in [5, 5.41) is 3.53. The number of hydrogen-bond acceptors (Lipinski definition) is 3. The van der Waals surface area contributed by atoms with E-state index in [0.29, 0.717) is 19.1 Å². The summed E-state index contributed by atoms with van der Waals surface area (Å²) in [5.41, 5.74) is 2.67. The number of amides is 1. The van der Waals surface area contributed by atoms with Crippen LogP contribution in [0.2, 0.25) is 0 Å². The average molecular weight is 352 g/mol. The number of anilines is 1. The Labute approximate surface area is 156 Å². The third kappa shape index (κ3) is 4.01. The minimum absolute atomic E-state index is 0.0809. The molecule has 1 aliphatic heterocycles. The van der Waals surface area contributed by atoms with Gasteiger partial charge in [-0.25, -0.2) is 0 Å². The number of para-hydroxylation sites is 1. The molecule has 1 unspecified atom stereocenters. The smallest absolute Gasteiger partial charge is 0.257 e. The van der Waals surface area contributed by atoms with Gasteiger partial charge in [-0.3, -0.25) is 4.79 Å². The van der Waals surface area contributed by atoms with E-state index >= 15 is 0 Å². The molecular formula is C22H28N2O2. The highest BCUT2D eigenvalue weighted by molar-refractivity contribution is 6.01. The van der Waals surface area contributed by atoms with E-state index in [1.807, 2.05) is 47.4 Å². The van der Waals surface area contributed by atoms with Crippen LogP contribution < -0.4 is 10.1 Å². The molecule has 0 radical (unpaired) electrons. The number of carbonyl (C=O) groups is 1. The molecule has 4 nitrogen and oxygen atoms in total. The minimum atomic E-state index is -0.175. The number of ether oxygens (including phenoxy) is 1. The summed E-state index contributed by atoms with van der Waals surface area (Å²) in [4.78, 5) is 14.9. The first-order valence-electron chi connectivity index (χ1n) is 9.49. The molecule has 1 heterocycles. The van der Waals surface area contributed by atoms with E-state index in [0.717, 1.165) is 35.4 Å². The van der Waals surface area contributed by atoms with Crippen LogP contribution in [0.1, 0.15) is 55.7 Å². The van der Waals surface area contributed by atoms with Crippen LogP contribution in [0.5, 0.6) is 5.75 Å². The lowest BCUT2D eigenvalue weighted by molar-refractivity contribution is 0.0683. The molecule has 2 aromatic rings. The molecule has 0 aromatic heterocycles. The number of nitrogens with zero attached hydrogens (tertiary/aromatic N) is 1. The minimum Gasteiger partial charge on any atom is -0.494 e. The van der Waals surface area contributed by atoms with Crippen LogP contribution in [0.4, 0.5) is 5.69 Å². The third-order valence-corrected chi connectivity index (χ3v) is 4.62. The highest BCUT2D eigenvalue weighted by Gasteiger charge is 2.32. The van der Waals surface area contributed by atoms with Gasteiger partial charge < -0.3 is 15.0 Å². The number of nitrogens with one attached hydrogen (secondary N) is 1. The summed E-state index contributed by atoms with van der Waals surface area (Å²) >= 11 is 0. The molecular weight excluding hydrogens is 324 g/mol. The second kappa shape index (κ2) is 8.26. The Morgan fingerprint density at radius 3 is 2.73 bits per heavy atom. The van der Waals surface area contributed by atoms with Gasteiger partial charge in [0.2, 0.25) is 0 Å². The third-order valence-electron chi connectivity index (χ3n) is 4.62. The van der Waals surface area contributed by atoms with Crippen molar-refractivity contribution in [1.82, 2.24) is 4.90 Å². The van der Waals surface area contributed by atoms with E-state index in [1.54, 1.807) is 0 Å². The van der Waals surface area contributed by atoms with Gasteiger partial charge in [0, 0.05) is 12.2 Å². The molecule has 0 saturated heterocycles. The van der Waals surface area contributed by atoms with Gasteiger partial charge in [0.1, 0.15) is 11.9 Å². The average Bonchev–Trinajstić information content (AvgIpc) is 2.64. The molecule has 0 bridgehead atoms. The zero-order valence-corrected chi connectivity index (χ0v) is 15.9. The monoisotopic (exact) mass is 352 g/mol. The van der Waals surface area contributed by atoms with Crippen LogP contribution in [0.25, 0.3) is 0 Å². The van der Waals surface area contributed by atoms with Crippen molar-refractivity contribution in [3.8, 4) is 5.75 Å². The van der Waals surface area contributed by atoms with Gasteiger partial charge in [0.15, 0.2) is 0 Å². The zero-order chi connectivity index (χ0) is 18.5. The second-order valence-electron chi connectivity index (χ2n) is 7.19. The molecule has 0 fully saturated rings. The fourth-order valence-electron chi connectivity index (χ4n) is 3.21. The van der Waals surface area contributed by atoms with Gasteiger partial charge in [0.05, 0.1) is 12.2 Å². The van der Waals surface area contributed by atoms with Gasteiger partial charge in [-0.15, -0.1) is 0 Å². The van der Waals surface area contributed by atoms with Crippen LogP contribution in [-0.2, 0) is 0 Å². The van der Waals surface area contributed by atoms with Gasteiger partial charge in [-0.05, 0) is 48.6 Å². The molecule has 1 atom stereocenters. The van der Waals surface area contributed by atoms with Crippen LogP contribution in [0, 0.1) is 5.92 Å². The summed E-state index contributed by atoms with van der Waals surface area (Å²) < 4.78 is 5.91. The summed E-state index contributed by atoms with van der Waals surface area (Å²) in [6, 6.07) is 15.8. The molecule has 0 spiro atoms.